The average Bonchev–Trinajstić information content (AvgIpc) is 2.73. The first-order chi connectivity index (χ1) is 14.8. The monoisotopic (exact) mass is 460 g/mol. The lowest BCUT2D eigenvalue weighted by molar-refractivity contribution is -0.139. The second-order valence-corrected chi connectivity index (χ2v) is 9.55. The van der Waals surface area contributed by atoms with Crippen molar-refractivity contribution in [2.24, 2.45) is 5.92 Å². The van der Waals surface area contributed by atoms with E-state index in [1.54, 1.807) is 4.90 Å². The lowest BCUT2D eigenvalue weighted by Gasteiger charge is -2.31. The van der Waals surface area contributed by atoms with Crippen molar-refractivity contribution in [1.29, 1.82) is 0 Å². The highest BCUT2D eigenvalue weighted by Crippen LogP contribution is 2.22. The van der Waals surface area contributed by atoms with E-state index in [4.69, 9.17) is 11.6 Å². The van der Waals surface area contributed by atoms with Gasteiger partial charge in [-0.05, 0) is 36.5 Å². The van der Waals surface area contributed by atoms with Crippen molar-refractivity contribution in [3.63, 3.8) is 0 Å². The van der Waals surface area contributed by atoms with Gasteiger partial charge in [0.2, 0.25) is 11.8 Å². The molecule has 0 aliphatic rings. The summed E-state index contributed by atoms with van der Waals surface area (Å²) in [7, 11) is 0. The van der Waals surface area contributed by atoms with Gasteiger partial charge >= 0.3 is 0 Å². The number of thioether (sulfide) groups is 1. The fourth-order valence-corrected chi connectivity index (χ4v) is 4.49. The minimum atomic E-state index is -0.493. The van der Waals surface area contributed by atoms with Crippen molar-refractivity contribution < 1.29 is 9.59 Å². The van der Waals surface area contributed by atoms with Crippen LogP contribution in [0.5, 0.6) is 0 Å². The third-order valence-corrected chi connectivity index (χ3v) is 6.28. The van der Waals surface area contributed by atoms with Gasteiger partial charge in [-0.3, -0.25) is 9.59 Å². The van der Waals surface area contributed by atoms with Crippen LogP contribution in [-0.4, -0.2) is 35.1 Å². The number of rotatable bonds is 11. The number of carbonyl (C=O) groups is 2. The van der Waals surface area contributed by atoms with Crippen LogP contribution in [0.25, 0.3) is 0 Å². The minimum Gasteiger partial charge on any atom is -0.354 e. The van der Waals surface area contributed by atoms with Gasteiger partial charge in [-0.2, -0.15) is 0 Å². The van der Waals surface area contributed by atoms with Gasteiger partial charge in [0.15, 0.2) is 0 Å². The first-order valence-corrected chi connectivity index (χ1v) is 12.3. The van der Waals surface area contributed by atoms with Gasteiger partial charge in [-0.1, -0.05) is 80.4 Å². The molecule has 0 aliphatic heterocycles. The molecule has 0 spiro atoms. The van der Waals surface area contributed by atoms with Crippen LogP contribution >= 0.6 is 23.4 Å². The number of nitrogens with zero attached hydrogens (tertiary/aromatic N) is 1. The Labute approximate surface area is 195 Å². The first-order valence-electron chi connectivity index (χ1n) is 10.8. The predicted octanol–water partition coefficient (Wildman–Crippen LogP) is 5.46. The summed E-state index contributed by atoms with van der Waals surface area (Å²) in [6, 6.07) is 15.3. The molecule has 1 N–H and O–H groups in total. The van der Waals surface area contributed by atoms with Crippen LogP contribution in [-0.2, 0) is 21.9 Å². The molecule has 0 saturated carbocycles. The van der Waals surface area contributed by atoms with Crippen LogP contribution in [0, 0.1) is 12.8 Å². The number of nitrogens with one attached hydrogen (secondary N) is 1. The third kappa shape index (κ3) is 8.23. The fraction of sp³-hybridized carbons (Fsp3) is 0.440. The van der Waals surface area contributed by atoms with Crippen molar-refractivity contribution in [3.8, 4) is 0 Å². The lowest BCUT2D eigenvalue weighted by atomic mass is 10.1. The Kier molecular flexibility index (Phi) is 10.4. The number of benzene rings is 2. The van der Waals surface area contributed by atoms with Gasteiger partial charge in [0.25, 0.3) is 0 Å². The molecule has 0 saturated heterocycles. The Hall–Kier alpha value is -1.98. The lowest BCUT2D eigenvalue weighted by Crippen LogP contribution is -2.50. The van der Waals surface area contributed by atoms with Gasteiger partial charge in [0.1, 0.15) is 6.04 Å². The minimum absolute atomic E-state index is 0.0369. The fourth-order valence-electron chi connectivity index (χ4n) is 3.30. The van der Waals surface area contributed by atoms with E-state index < -0.39 is 6.04 Å². The Morgan fingerprint density at radius 1 is 1.13 bits per heavy atom. The molecule has 2 aromatic carbocycles. The number of aryl methyl sites for hydroxylation is 1. The number of hydrogen-bond donors (Lipinski definition) is 1. The molecule has 0 fully saturated rings. The molecule has 2 rings (SSSR count). The summed E-state index contributed by atoms with van der Waals surface area (Å²) in [5, 5.41) is 3.70. The molecule has 2 aromatic rings. The second kappa shape index (κ2) is 12.8. The van der Waals surface area contributed by atoms with Crippen LogP contribution in [0.4, 0.5) is 0 Å². The summed E-state index contributed by atoms with van der Waals surface area (Å²) in [6.07, 6.45) is 0.566. The molecule has 31 heavy (non-hydrogen) atoms. The van der Waals surface area contributed by atoms with Crippen molar-refractivity contribution in [2.45, 2.75) is 52.5 Å². The van der Waals surface area contributed by atoms with Crippen LogP contribution in [0.15, 0.2) is 48.5 Å². The number of amides is 2. The first kappa shape index (κ1) is 25.3. The largest absolute Gasteiger partial charge is 0.354 e. The summed E-state index contributed by atoms with van der Waals surface area (Å²) in [5.41, 5.74) is 3.17. The molecule has 2 amide bonds. The topological polar surface area (TPSA) is 49.4 Å². The highest BCUT2D eigenvalue weighted by Gasteiger charge is 2.28. The Morgan fingerprint density at radius 2 is 1.87 bits per heavy atom. The Morgan fingerprint density at radius 3 is 2.52 bits per heavy atom. The molecule has 0 radical (unpaired) electrons. The molecule has 0 heterocycles. The predicted molar refractivity (Wildman–Crippen MR) is 131 cm³/mol. The maximum absolute atomic E-state index is 13.2. The van der Waals surface area contributed by atoms with Gasteiger partial charge in [-0.25, -0.2) is 0 Å². The molecule has 168 valence electrons. The van der Waals surface area contributed by atoms with E-state index in [1.165, 1.54) is 11.8 Å². The summed E-state index contributed by atoms with van der Waals surface area (Å²) >= 11 is 7.76. The molecule has 0 unspecified atom stereocenters. The summed E-state index contributed by atoms with van der Waals surface area (Å²) < 4.78 is 0. The molecule has 1 atom stereocenters. The van der Waals surface area contributed by atoms with E-state index in [1.807, 2.05) is 56.3 Å². The maximum atomic E-state index is 13.2. The number of carbonyl (C=O) groups excluding carboxylic acids is 2. The zero-order valence-electron chi connectivity index (χ0n) is 18.9. The van der Waals surface area contributed by atoms with E-state index in [0.29, 0.717) is 42.0 Å². The van der Waals surface area contributed by atoms with E-state index in [0.717, 1.165) is 16.7 Å². The molecule has 6 heteroatoms. The summed E-state index contributed by atoms with van der Waals surface area (Å²) in [4.78, 5) is 27.9. The van der Waals surface area contributed by atoms with E-state index in [9.17, 15) is 9.59 Å². The third-order valence-electron chi connectivity index (χ3n) is 4.95. The highest BCUT2D eigenvalue weighted by atomic mass is 35.5. The maximum Gasteiger partial charge on any atom is 0.242 e. The summed E-state index contributed by atoms with van der Waals surface area (Å²) in [5.74, 6) is 1.18. The van der Waals surface area contributed by atoms with Crippen LogP contribution in [0.2, 0.25) is 5.02 Å². The Bertz CT molecular complexity index is 872. The molecule has 0 aliphatic carbocycles. The molecule has 4 nitrogen and oxygen atoms in total. The normalized spacial score (nSPS) is 11.9. The Balaban J connectivity index is 2.13. The van der Waals surface area contributed by atoms with Gasteiger partial charge in [0.05, 0.1) is 5.75 Å². The van der Waals surface area contributed by atoms with E-state index >= 15 is 0 Å². The number of hydrogen-bond acceptors (Lipinski definition) is 3. The zero-order chi connectivity index (χ0) is 22.8. The standard InChI is InChI=1S/C25H33ClN2O2S/c1-5-23(25(30)27-14-18(2)3)28(15-20-10-8-9-19(4)13-20)24(29)17-31-16-21-11-6-7-12-22(21)26/h6-13,18,23H,5,14-17H2,1-4H3,(H,27,30)/t23-/m0/s1. The van der Waals surface area contributed by atoms with Crippen LogP contribution in [0.3, 0.4) is 0 Å². The molecular formula is C25H33ClN2O2S. The van der Waals surface area contributed by atoms with Crippen LogP contribution in [0.1, 0.15) is 43.9 Å². The second-order valence-electron chi connectivity index (χ2n) is 8.16. The van der Waals surface area contributed by atoms with E-state index in [2.05, 4.69) is 25.2 Å². The zero-order valence-corrected chi connectivity index (χ0v) is 20.4. The SMILES string of the molecule is CC[C@@H](C(=O)NCC(C)C)N(Cc1cccc(C)c1)C(=O)CSCc1ccccc1Cl. The molecular weight excluding hydrogens is 428 g/mol. The average molecular weight is 461 g/mol. The van der Waals surface area contributed by atoms with Crippen molar-refractivity contribution in [2.75, 3.05) is 12.3 Å². The van der Waals surface area contributed by atoms with Gasteiger partial charge in [0, 0.05) is 23.9 Å². The highest BCUT2D eigenvalue weighted by molar-refractivity contribution is 7.99. The van der Waals surface area contributed by atoms with Gasteiger partial charge in [-0.15, -0.1) is 11.8 Å². The van der Waals surface area contributed by atoms with Gasteiger partial charge < -0.3 is 10.2 Å². The van der Waals surface area contributed by atoms with Crippen molar-refractivity contribution in [3.05, 3.63) is 70.2 Å². The summed E-state index contributed by atoms with van der Waals surface area (Å²) in [6.45, 7) is 9.11. The molecule has 0 aromatic heterocycles. The van der Waals surface area contributed by atoms with Crippen LogP contribution < -0.4 is 5.32 Å². The molecule has 0 bridgehead atoms. The van der Waals surface area contributed by atoms with Crippen molar-refractivity contribution in [1.82, 2.24) is 10.2 Å². The number of halogens is 1. The smallest absolute Gasteiger partial charge is 0.242 e. The quantitative estimate of drug-likeness (QED) is 0.484. The van der Waals surface area contributed by atoms with Crippen molar-refractivity contribution >= 4 is 35.2 Å². The van der Waals surface area contributed by atoms with E-state index in [-0.39, 0.29) is 11.8 Å².